The Morgan fingerprint density at radius 1 is 1.38 bits per heavy atom. The number of halogens is 1. The fourth-order valence-electron chi connectivity index (χ4n) is 2.08. The van der Waals surface area contributed by atoms with E-state index in [0.29, 0.717) is 6.04 Å². The zero-order chi connectivity index (χ0) is 11.4. The molecule has 0 atom stereocenters. The van der Waals surface area contributed by atoms with Crippen LogP contribution in [-0.2, 0) is 0 Å². The van der Waals surface area contributed by atoms with Gasteiger partial charge in [-0.05, 0) is 54.2 Å². The number of aromatic nitrogens is 2. The minimum atomic E-state index is 0.426. The van der Waals surface area contributed by atoms with E-state index in [-0.39, 0.29) is 0 Å². The van der Waals surface area contributed by atoms with Crippen LogP contribution in [0, 0.1) is 9.49 Å². The van der Waals surface area contributed by atoms with Crippen molar-refractivity contribution >= 4 is 28.4 Å². The van der Waals surface area contributed by atoms with E-state index < -0.39 is 0 Å². The molecule has 1 aliphatic rings. The Morgan fingerprint density at radius 2 is 2.12 bits per heavy atom. The Balaban J connectivity index is 1.81. The van der Waals surface area contributed by atoms with Gasteiger partial charge < -0.3 is 11.1 Å². The summed E-state index contributed by atoms with van der Waals surface area (Å²) in [5.41, 5.74) is 5.89. The van der Waals surface area contributed by atoms with Crippen LogP contribution in [0.1, 0.15) is 25.7 Å². The predicted octanol–water partition coefficient (Wildman–Crippen LogP) is 2.01. The van der Waals surface area contributed by atoms with Crippen LogP contribution in [0.4, 0.5) is 5.82 Å². The Morgan fingerprint density at radius 3 is 2.81 bits per heavy atom. The van der Waals surface area contributed by atoms with Crippen molar-refractivity contribution in [2.24, 2.45) is 11.7 Å². The van der Waals surface area contributed by atoms with Crippen molar-refractivity contribution in [3.8, 4) is 0 Å². The first-order valence-corrected chi connectivity index (χ1v) is 6.78. The highest BCUT2D eigenvalue weighted by Crippen LogP contribution is 2.23. The zero-order valence-corrected chi connectivity index (χ0v) is 11.4. The highest BCUT2D eigenvalue weighted by Gasteiger charge is 2.18. The fraction of sp³-hybridized carbons (Fsp3) is 0.636. The largest absolute Gasteiger partial charge is 0.369 e. The summed E-state index contributed by atoms with van der Waals surface area (Å²) < 4.78 is 1.08. The predicted molar refractivity (Wildman–Crippen MR) is 73.2 cm³/mol. The number of nitrogens with zero attached hydrogens (tertiary/aromatic N) is 2. The summed E-state index contributed by atoms with van der Waals surface area (Å²) in [6.07, 6.45) is 8.19. The average Bonchev–Trinajstić information content (AvgIpc) is 2.30. The van der Waals surface area contributed by atoms with E-state index in [1.54, 1.807) is 6.33 Å². The number of anilines is 1. The molecule has 88 valence electrons. The lowest BCUT2D eigenvalue weighted by Crippen LogP contribution is -2.29. The third-order valence-corrected chi connectivity index (χ3v) is 3.91. The highest BCUT2D eigenvalue weighted by molar-refractivity contribution is 14.1. The SMILES string of the molecule is NC1CCC(CNc2ncncc2I)CC1. The van der Waals surface area contributed by atoms with E-state index in [2.05, 4.69) is 37.9 Å². The minimum absolute atomic E-state index is 0.426. The highest BCUT2D eigenvalue weighted by atomic mass is 127. The fourth-order valence-corrected chi connectivity index (χ4v) is 2.57. The zero-order valence-electron chi connectivity index (χ0n) is 9.19. The molecule has 0 bridgehead atoms. The number of nitrogens with two attached hydrogens (primary N) is 1. The number of rotatable bonds is 3. The molecule has 1 fully saturated rings. The van der Waals surface area contributed by atoms with E-state index in [1.165, 1.54) is 12.8 Å². The van der Waals surface area contributed by atoms with Gasteiger partial charge in [0, 0.05) is 18.8 Å². The van der Waals surface area contributed by atoms with Gasteiger partial charge in [0.25, 0.3) is 0 Å². The molecule has 0 unspecified atom stereocenters. The quantitative estimate of drug-likeness (QED) is 0.831. The van der Waals surface area contributed by atoms with Crippen LogP contribution >= 0.6 is 22.6 Å². The van der Waals surface area contributed by atoms with E-state index in [9.17, 15) is 0 Å². The molecule has 0 aliphatic heterocycles. The molecule has 4 nitrogen and oxygen atoms in total. The molecule has 0 amide bonds. The molecule has 2 rings (SSSR count). The second kappa shape index (κ2) is 5.77. The van der Waals surface area contributed by atoms with Crippen LogP contribution in [0.15, 0.2) is 12.5 Å². The summed E-state index contributed by atoms with van der Waals surface area (Å²) in [4.78, 5) is 8.20. The van der Waals surface area contributed by atoms with Crippen LogP contribution in [0.2, 0.25) is 0 Å². The summed E-state index contributed by atoms with van der Waals surface area (Å²) in [5, 5.41) is 3.40. The second-order valence-corrected chi connectivity index (χ2v) is 5.54. The second-order valence-electron chi connectivity index (χ2n) is 4.38. The van der Waals surface area contributed by atoms with Gasteiger partial charge >= 0.3 is 0 Å². The van der Waals surface area contributed by atoms with Crippen LogP contribution in [0.5, 0.6) is 0 Å². The van der Waals surface area contributed by atoms with Crippen LogP contribution in [-0.4, -0.2) is 22.6 Å². The topological polar surface area (TPSA) is 63.8 Å². The van der Waals surface area contributed by atoms with E-state index in [4.69, 9.17) is 5.73 Å². The van der Waals surface area contributed by atoms with Crippen LogP contribution < -0.4 is 11.1 Å². The standard InChI is InChI=1S/C11H17IN4/c12-10-6-14-7-16-11(10)15-5-8-1-3-9(13)4-2-8/h6-9H,1-5,13H2,(H,14,15,16). The van der Waals surface area contributed by atoms with Crippen molar-refractivity contribution in [2.75, 3.05) is 11.9 Å². The van der Waals surface area contributed by atoms with Crippen molar-refractivity contribution in [2.45, 2.75) is 31.7 Å². The summed E-state index contributed by atoms with van der Waals surface area (Å²) in [5.74, 6) is 1.69. The van der Waals surface area contributed by atoms with Gasteiger partial charge in [-0.3, -0.25) is 0 Å². The first-order chi connectivity index (χ1) is 7.75. The molecule has 3 N–H and O–H groups in total. The van der Waals surface area contributed by atoms with E-state index in [0.717, 1.165) is 34.7 Å². The Bertz CT molecular complexity index is 337. The van der Waals surface area contributed by atoms with Gasteiger partial charge in [0.15, 0.2) is 0 Å². The third kappa shape index (κ3) is 3.28. The van der Waals surface area contributed by atoms with Gasteiger partial charge in [-0.1, -0.05) is 0 Å². The minimum Gasteiger partial charge on any atom is -0.369 e. The average molecular weight is 332 g/mol. The number of hydrogen-bond acceptors (Lipinski definition) is 4. The first kappa shape index (κ1) is 12.0. The maximum Gasteiger partial charge on any atom is 0.142 e. The van der Waals surface area contributed by atoms with E-state index in [1.807, 2.05) is 6.20 Å². The van der Waals surface area contributed by atoms with Gasteiger partial charge in [0.1, 0.15) is 12.1 Å². The molecular weight excluding hydrogens is 315 g/mol. The van der Waals surface area contributed by atoms with Gasteiger partial charge in [-0.25, -0.2) is 9.97 Å². The Labute approximate surface area is 110 Å². The Hall–Kier alpha value is -0.430. The maximum atomic E-state index is 5.89. The van der Waals surface area contributed by atoms with Crippen LogP contribution in [0.25, 0.3) is 0 Å². The van der Waals surface area contributed by atoms with Crippen molar-refractivity contribution < 1.29 is 0 Å². The monoisotopic (exact) mass is 332 g/mol. The Kier molecular flexibility index (Phi) is 4.34. The number of hydrogen-bond donors (Lipinski definition) is 2. The molecule has 0 spiro atoms. The lowest BCUT2D eigenvalue weighted by Gasteiger charge is -2.26. The first-order valence-electron chi connectivity index (χ1n) is 5.70. The lowest BCUT2D eigenvalue weighted by atomic mass is 9.86. The molecule has 1 aromatic rings. The molecule has 16 heavy (non-hydrogen) atoms. The molecule has 0 saturated heterocycles. The normalized spacial score (nSPS) is 25.4. The maximum absolute atomic E-state index is 5.89. The van der Waals surface area contributed by atoms with Crippen molar-refractivity contribution in [1.29, 1.82) is 0 Å². The molecule has 1 aromatic heterocycles. The molecule has 0 radical (unpaired) electrons. The van der Waals surface area contributed by atoms with Gasteiger partial charge in [0.05, 0.1) is 3.57 Å². The molecule has 1 aliphatic carbocycles. The summed E-state index contributed by atoms with van der Waals surface area (Å²) in [6, 6.07) is 0.426. The summed E-state index contributed by atoms with van der Waals surface area (Å²) in [7, 11) is 0. The van der Waals surface area contributed by atoms with E-state index >= 15 is 0 Å². The van der Waals surface area contributed by atoms with Crippen molar-refractivity contribution in [3.63, 3.8) is 0 Å². The number of nitrogens with one attached hydrogen (secondary N) is 1. The molecular formula is C11H17IN4. The summed E-state index contributed by atoms with van der Waals surface area (Å²) in [6.45, 7) is 1.000. The lowest BCUT2D eigenvalue weighted by molar-refractivity contribution is 0.338. The van der Waals surface area contributed by atoms with Crippen molar-refractivity contribution in [3.05, 3.63) is 16.1 Å². The molecule has 0 aromatic carbocycles. The smallest absolute Gasteiger partial charge is 0.142 e. The molecule has 1 heterocycles. The molecule has 5 heteroatoms. The van der Waals surface area contributed by atoms with Gasteiger partial charge in [-0.2, -0.15) is 0 Å². The van der Waals surface area contributed by atoms with Crippen LogP contribution in [0.3, 0.4) is 0 Å². The third-order valence-electron chi connectivity index (χ3n) is 3.12. The molecule has 1 saturated carbocycles. The van der Waals surface area contributed by atoms with Crippen molar-refractivity contribution in [1.82, 2.24) is 9.97 Å². The van der Waals surface area contributed by atoms with Gasteiger partial charge in [0.2, 0.25) is 0 Å². The summed E-state index contributed by atoms with van der Waals surface area (Å²) >= 11 is 2.25. The van der Waals surface area contributed by atoms with Gasteiger partial charge in [-0.15, -0.1) is 0 Å².